The van der Waals surface area contributed by atoms with Crippen LogP contribution in [-0.2, 0) is 4.74 Å². The van der Waals surface area contributed by atoms with E-state index < -0.39 is 4.92 Å². The predicted octanol–water partition coefficient (Wildman–Crippen LogP) is 2.63. The molecule has 0 bridgehead atoms. The third-order valence-electron chi connectivity index (χ3n) is 3.35. The van der Waals surface area contributed by atoms with Gasteiger partial charge in [0.1, 0.15) is 6.61 Å². The first-order chi connectivity index (χ1) is 10.2. The van der Waals surface area contributed by atoms with Gasteiger partial charge >= 0.3 is 6.09 Å². The van der Waals surface area contributed by atoms with E-state index >= 15 is 0 Å². The molecule has 21 heavy (non-hydrogen) atoms. The number of nitro groups is 1. The number of non-ortho nitro benzene ring substituents is 1. The van der Waals surface area contributed by atoms with Crippen LogP contribution in [0.4, 0.5) is 16.2 Å². The first kappa shape index (κ1) is 15.1. The number of carbonyl (C=O) groups excluding carboxylic acids is 1. The van der Waals surface area contributed by atoms with E-state index in [1.54, 1.807) is 17.0 Å². The molecule has 1 saturated heterocycles. The van der Waals surface area contributed by atoms with Gasteiger partial charge in [-0.25, -0.2) is 4.79 Å². The number of likely N-dealkylation sites (tertiary alicyclic amines) is 1. The topological polar surface area (TPSA) is 84.7 Å². The van der Waals surface area contributed by atoms with E-state index in [2.05, 4.69) is 5.32 Å². The second kappa shape index (κ2) is 7.47. The van der Waals surface area contributed by atoms with E-state index in [1.165, 1.54) is 18.6 Å². The Morgan fingerprint density at radius 1 is 1.24 bits per heavy atom. The van der Waals surface area contributed by atoms with Crippen LogP contribution in [0.3, 0.4) is 0 Å². The highest BCUT2D eigenvalue weighted by Crippen LogP contribution is 2.15. The Morgan fingerprint density at radius 3 is 2.52 bits per heavy atom. The fourth-order valence-corrected chi connectivity index (χ4v) is 2.20. The lowest BCUT2D eigenvalue weighted by atomic mass is 10.1. The van der Waals surface area contributed by atoms with Gasteiger partial charge in [-0.1, -0.05) is 0 Å². The Hall–Kier alpha value is -2.31. The average Bonchev–Trinajstić information content (AvgIpc) is 2.52. The number of amides is 1. The van der Waals surface area contributed by atoms with Crippen LogP contribution < -0.4 is 5.32 Å². The van der Waals surface area contributed by atoms with Crippen molar-refractivity contribution in [3.8, 4) is 0 Å². The van der Waals surface area contributed by atoms with Gasteiger partial charge in [0.2, 0.25) is 0 Å². The number of hydrogen-bond acceptors (Lipinski definition) is 5. The van der Waals surface area contributed by atoms with Gasteiger partial charge in [-0.05, 0) is 31.4 Å². The molecule has 0 aromatic heterocycles. The van der Waals surface area contributed by atoms with Gasteiger partial charge in [-0.3, -0.25) is 10.1 Å². The van der Waals surface area contributed by atoms with Crippen molar-refractivity contribution in [2.24, 2.45) is 0 Å². The van der Waals surface area contributed by atoms with Gasteiger partial charge < -0.3 is 15.0 Å². The summed E-state index contributed by atoms with van der Waals surface area (Å²) in [4.78, 5) is 23.5. The van der Waals surface area contributed by atoms with Crippen molar-refractivity contribution < 1.29 is 14.5 Å². The van der Waals surface area contributed by atoms with E-state index in [0.29, 0.717) is 6.54 Å². The number of nitrogens with zero attached hydrogens (tertiary/aromatic N) is 2. The maximum absolute atomic E-state index is 11.7. The summed E-state index contributed by atoms with van der Waals surface area (Å²) in [6.45, 7) is 2.28. The summed E-state index contributed by atoms with van der Waals surface area (Å²) in [6, 6.07) is 6.12. The monoisotopic (exact) mass is 293 g/mol. The molecular weight excluding hydrogens is 274 g/mol. The summed E-state index contributed by atoms with van der Waals surface area (Å²) in [5.41, 5.74) is 0.812. The summed E-state index contributed by atoms with van der Waals surface area (Å²) in [6.07, 6.45) is 2.98. The van der Waals surface area contributed by atoms with Crippen LogP contribution in [0.25, 0.3) is 0 Å². The summed E-state index contributed by atoms with van der Waals surface area (Å²) in [5.74, 6) is 0. The molecule has 1 heterocycles. The van der Waals surface area contributed by atoms with Crippen LogP contribution in [0.2, 0.25) is 0 Å². The lowest BCUT2D eigenvalue weighted by Crippen LogP contribution is -2.36. The van der Waals surface area contributed by atoms with Gasteiger partial charge in [0.15, 0.2) is 0 Å². The van der Waals surface area contributed by atoms with Crippen molar-refractivity contribution in [1.82, 2.24) is 4.90 Å². The van der Waals surface area contributed by atoms with Gasteiger partial charge in [0, 0.05) is 37.5 Å². The number of ether oxygens (including phenoxy) is 1. The summed E-state index contributed by atoms with van der Waals surface area (Å²) in [5, 5.41) is 13.6. The molecule has 2 rings (SSSR count). The third-order valence-corrected chi connectivity index (χ3v) is 3.35. The molecule has 114 valence electrons. The lowest BCUT2D eigenvalue weighted by molar-refractivity contribution is -0.384. The van der Waals surface area contributed by atoms with Crippen LogP contribution in [0.15, 0.2) is 24.3 Å². The second-order valence-electron chi connectivity index (χ2n) is 4.89. The van der Waals surface area contributed by atoms with Gasteiger partial charge in [0.25, 0.3) is 5.69 Å². The number of nitro benzene ring substituents is 1. The van der Waals surface area contributed by atoms with Crippen molar-refractivity contribution in [2.75, 3.05) is 31.6 Å². The highest BCUT2D eigenvalue weighted by molar-refractivity contribution is 5.67. The zero-order valence-corrected chi connectivity index (χ0v) is 11.8. The van der Waals surface area contributed by atoms with E-state index in [-0.39, 0.29) is 18.4 Å². The Labute approximate surface area is 123 Å². The molecule has 1 aromatic rings. The van der Waals surface area contributed by atoms with E-state index in [4.69, 9.17) is 4.74 Å². The molecule has 0 atom stereocenters. The zero-order valence-electron chi connectivity index (χ0n) is 11.8. The van der Waals surface area contributed by atoms with Crippen LogP contribution in [0, 0.1) is 10.1 Å². The fourth-order valence-electron chi connectivity index (χ4n) is 2.20. The van der Waals surface area contributed by atoms with E-state index in [9.17, 15) is 14.9 Å². The molecule has 0 aliphatic carbocycles. The molecule has 0 unspecified atom stereocenters. The van der Waals surface area contributed by atoms with Crippen molar-refractivity contribution in [2.45, 2.75) is 19.3 Å². The first-order valence-electron chi connectivity index (χ1n) is 7.07. The smallest absolute Gasteiger partial charge is 0.409 e. The van der Waals surface area contributed by atoms with Crippen LogP contribution in [0.1, 0.15) is 19.3 Å². The molecule has 0 radical (unpaired) electrons. The largest absolute Gasteiger partial charge is 0.448 e. The Kier molecular flexibility index (Phi) is 5.36. The van der Waals surface area contributed by atoms with E-state index in [1.807, 2.05) is 0 Å². The van der Waals surface area contributed by atoms with E-state index in [0.717, 1.165) is 31.6 Å². The summed E-state index contributed by atoms with van der Waals surface area (Å²) in [7, 11) is 0. The Bertz CT molecular complexity index is 483. The molecule has 0 saturated carbocycles. The van der Waals surface area contributed by atoms with Crippen LogP contribution in [-0.4, -0.2) is 42.2 Å². The number of benzene rings is 1. The molecular formula is C14H19N3O4. The molecule has 1 fully saturated rings. The second-order valence-corrected chi connectivity index (χ2v) is 4.89. The third kappa shape index (κ3) is 4.62. The van der Waals surface area contributed by atoms with Crippen molar-refractivity contribution in [1.29, 1.82) is 0 Å². The maximum atomic E-state index is 11.7. The number of anilines is 1. The molecule has 1 N–H and O–H groups in total. The molecule has 7 heteroatoms. The van der Waals surface area contributed by atoms with Crippen molar-refractivity contribution >= 4 is 17.5 Å². The minimum atomic E-state index is -0.440. The molecule has 1 amide bonds. The molecule has 0 spiro atoms. The molecule has 1 aliphatic heterocycles. The summed E-state index contributed by atoms with van der Waals surface area (Å²) < 4.78 is 5.18. The summed E-state index contributed by atoms with van der Waals surface area (Å²) >= 11 is 0. The maximum Gasteiger partial charge on any atom is 0.409 e. The molecule has 7 nitrogen and oxygen atoms in total. The van der Waals surface area contributed by atoms with Crippen LogP contribution in [0.5, 0.6) is 0 Å². The predicted molar refractivity (Wildman–Crippen MR) is 78.4 cm³/mol. The van der Waals surface area contributed by atoms with Gasteiger partial charge in [-0.2, -0.15) is 0 Å². The Balaban J connectivity index is 1.67. The SMILES string of the molecule is O=C(OCCNc1ccc([N+](=O)[O-])cc1)N1CCCCC1. The molecule has 1 aromatic carbocycles. The number of nitrogens with one attached hydrogen (secondary N) is 1. The first-order valence-corrected chi connectivity index (χ1v) is 7.07. The van der Waals surface area contributed by atoms with Crippen LogP contribution >= 0.6 is 0 Å². The van der Waals surface area contributed by atoms with Gasteiger partial charge in [0.05, 0.1) is 4.92 Å². The number of rotatable bonds is 5. The zero-order chi connectivity index (χ0) is 15.1. The fraction of sp³-hybridized carbons (Fsp3) is 0.500. The number of piperidine rings is 1. The number of hydrogen-bond donors (Lipinski definition) is 1. The quantitative estimate of drug-likeness (QED) is 0.512. The van der Waals surface area contributed by atoms with Gasteiger partial charge in [-0.15, -0.1) is 0 Å². The number of carbonyl (C=O) groups is 1. The highest BCUT2D eigenvalue weighted by atomic mass is 16.6. The standard InChI is InChI=1S/C14H19N3O4/c18-14(16-9-2-1-3-10-16)21-11-8-15-12-4-6-13(7-5-12)17(19)20/h4-7,15H,1-3,8-11H2. The lowest BCUT2D eigenvalue weighted by Gasteiger charge is -2.25. The van der Waals surface area contributed by atoms with Crippen molar-refractivity contribution in [3.63, 3.8) is 0 Å². The highest BCUT2D eigenvalue weighted by Gasteiger charge is 2.17. The Morgan fingerprint density at radius 2 is 1.90 bits per heavy atom. The molecule has 1 aliphatic rings. The minimum Gasteiger partial charge on any atom is -0.448 e. The normalized spacial score (nSPS) is 14.6. The average molecular weight is 293 g/mol. The minimum absolute atomic E-state index is 0.0528. The van der Waals surface area contributed by atoms with Crippen molar-refractivity contribution in [3.05, 3.63) is 34.4 Å².